The van der Waals surface area contributed by atoms with E-state index in [1.54, 1.807) is 25.1 Å². The minimum absolute atomic E-state index is 0.0967. The van der Waals surface area contributed by atoms with Crippen LogP contribution in [0.4, 0.5) is 10.2 Å². The minimum atomic E-state index is -0.439. The van der Waals surface area contributed by atoms with Gasteiger partial charge in [-0.2, -0.15) is 0 Å². The largest absolute Gasteiger partial charge is 0.477 e. The van der Waals surface area contributed by atoms with E-state index < -0.39 is 5.82 Å². The molecule has 1 fully saturated rings. The lowest BCUT2D eigenvalue weighted by Gasteiger charge is -2.33. The first-order valence-electron chi connectivity index (χ1n) is 9.16. The monoisotopic (exact) mass is 386 g/mol. The van der Waals surface area contributed by atoms with Gasteiger partial charge < -0.3 is 9.64 Å². The van der Waals surface area contributed by atoms with Crippen molar-refractivity contribution in [3.05, 3.63) is 47.5 Å². The normalized spacial score (nSPS) is 14.5. The van der Waals surface area contributed by atoms with Gasteiger partial charge in [-0.05, 0) is 30.5 Å². The van der Waals surface area contributed by atoms with Crippen molar-refractivity contribution < 1.29 is 18.7 Å². The molecule has 1 aromatic heterocycles. The number of carbonyl (C=O) groups excluding carboxylic acids is 2. The first-order chi connectivity index (χ1) is 13.3. The Bertz CT molecular complexity index is 888. The van der Waals surface area contributed by atoms with E-state index in [0.29, 0.717) is 42.9 Å². The molecule has 2 heterocycles. The zero-order valence-corrected chi connectivity index (χ0v) is 16.2. The molecule has 0 unspecified atom stereocenters. The van der Waals surface area contributed by atoms with Crippen molar-refractivity contribution in [2.45, 2.75) is 20.8 Å². The van der Waals surface area contributed by atoms with Crippen LogP contribution in [0.2, 0.25) is 0 Å². The molecule has 2 aromatic rings. The molecular weight excluding hydrogens is 363 g/mol. The van der Waals surface area contributed by atoms with Crippen molar-refractivity contribution in [1.29, 1.82) is 0 Å². The molecule has 0 aliphatic carbocycles. The highest BCUT2D eigenvalue weighted by Crippen LogP contribution is 2.20. The molecule has 1 aromatic carbocycles. The fraction of sp³-hybridized carbons (Fsp3) is 0.400. The van der Waals surface area contributed by atoms with Gasteiger partial charge in [0.1, 0.15) is 24.5 Å². The van der Waals surface area contributed by atoms with Crippen LogP contribution in [0.15, 0.2) is 30.6 Å². The topological polar surface area (TPSA) is 75.6 Å². The smallest absolute Gasteiger partial charge is 0.254 e. The number of benzene rings is 1. The van der Waals surface area contributed by atoms with E-state index in [1.807, 2.05) is 13.8 Å². The van der Waals surface area contributed by atoms with Gasteiger partial charge in [0.25, 0.3) is 5.91 Å². The third-order valence-corrected chi connectivity index (χ3v) is 4.40. The van der Waals surface area contributed by atoms with E-state index in [2.05, 4.69) is 9.97 Å². The number of aryl methyl sites for hydroxylation is 1. The Morgan fingerprint density at radius 3 is 2.71 bits per heavy atom. The number of piperazine rings is 1. The summed E-state index contributed by atoms with van der Waals surface area (Å²) in [6.07, 6.45) is 1.35. The second kappa shape index (κ2) is 8.33. The Hall–Kier alpha value is -3.03. The first kappa shape index (κ1) is 19.7. The van der Waals surface area contributed by atoms with Crippen molar-refractivity contribution in [2.24, 2.45) is 5.92 Å². The van der Waals surface area contributed by atoms with Gasteiger partial charge in [-0.1, -0.05) is 19.9 Å². The average Bonchev–Trinajstić information content (AvgIpc) is 2.68. The molecule has 8 heteroatoms. The highest BCUT2D eigenvalue weighted by Gasteiger charge is 2.29. The van der Waals surface area contributed by atoms with Crippen molar-refractivity contribution in [1.82, 2.24) is 14.9 Å². The molecule has 1 aliphatic heterocycles. The van der Waals surface area contributed by atoms with E-state index in [4.69, 9.17) is 4.74 Å². The second-order valence-electron chi connectivity index (χ2n) is 7.16. The number of aromatic nitrogens is 2. The number of halogens is 1. The molecule has 7 nitrogen and oxygen atoms in total. The molecule has 0 radical (unpaired) electrons. The molecule has 1 saturated heterocycles. The summed E-state index contributed by atoms with van der Waals surface area (Å²) in [5, 5.41) is 0. The van der Waals surface area contributed by atoms with Gasteiger partial charge in [-0.25, -0.2) is 14.4 Å². The summed E-state index contributed by atoms with van der Waals surface area (Å²) < 4.78 is 19.3. The standard InChI is InChI=1S/C20H23FN4O3/c1-13(2)11-28-18-9-17(22-12-23-18)25-7-6-24(10-19(25)26)20(27)15-5-4-14(3)16(21)8-15/h4-5,8-9,12-13H,6-7,10-11H2,1-3H3. The van der Waals surface area contributed by atoms with Gasteiger partial charge >= 0.3 is 0 Å². The number of amides is 2. The van der Waals surface area contributed by atoms with E-state index >= 15 is 0 Å². The maximum absolute atomic E-state index is 13.7. The molecule has 0 bridgehead atoms. The summed E-state index contributed by atoms with van der Waals surface area (Å²) in [6.45, 7) is 6.72. The lowest BCUT2D eigenvalue weighted by molar-refractivity contribution is -0.120. The molecule has 3 rings (SSSR count). The Kier molecular flexibility index (Phi) is 5.87. The highest BCUT2D eigenvalue weighted by atomic mass is 19.1. The maximum Gasteiger partial charge on any atom is 0.254 e. The number of nitrogens with zero attached hydrogens (tertiary/aromatic N) is 4. The van der Waals surface area contributed by atoms with E-state index in [0.717, 1.165) is 0 Å². The first-order valence-corrected chi connectivity index (χ1v) is 9.16. The molecule has 0 saturated carbocycles. The quantitative estimate of drug-likeness (QED) is 0.789. The van der Waals surface area contributed by atoms with Crippen LogP contribution in [-0.2, 0) is 4.79 Å². The summed E-state index contributed by atoms with van der Waals surface area (Å²) in [4.78, 5) is 36.3. The predicted molar refractivity (Wildman–Crippen MR) is 102 cm³/mol. The van der Waals surface area contributed by atoms with Crippen LogP contribution in [0.3, 0.4) is 0 Å². The zero-order chi connectivity index (χ0) is 20.3. The molecule has 148 valence electrons. The third-order valence-electron chi connectivity index (χ3n) is 4.40. The summed E-state index contributed by atoms with van der Waals surface area (Å²) in [6, 6.07) is 5.95. The van der Waals surface area contributed by atoms with Gasteiger partial charge in [-0.15, -0.1) is 0 Å². The predicted octanol–water partition coefficient (Wildman–Crippen LogP) is 2.45. The van der Waals surface area contributed by atoms with Crippen molar-refractivity contribution in [3.8, 4) is 5.88 Å². The number of rotatable bonds is 5. The Labute approximate surface area is 163 Å². The fourth-order valence-corrected chi connectivity index (χ4v) is 2.81. The Balaban J connectivity index is 1.68. The third kappa shape index (κ3) is 4.44. The van der Waals surface area contributed by atoms with Crippen LogP contribution >= 0.6 is 0 Å². The zero-order valence-electron chi connectivity index (χ0n) is 16.2. The van der Waals surface area contributed by atoms with Gasteiger partial charge in [-0.3, -0.25) is 14.5 Å². The molecule has 0 spiro atoms. The van der Waals surface area contributed by atoms with Crippen LogP contribution in [0.1, 0.15) is 29.8 Å². The van der Waals surface area contributed by atoms with Crippen molar-refractivity contribution >= 4 is 17.6 Å². The summed E-state index contributed by atoms with van der Waals surface area (Å²) in [7, 11) is 0. The number of carbonyl (C=O) groups is 2. The van der Waals surface area contributed by atoms with Gasteiger partial charge in [0.15, 0.2) is 0 Å². The fourth-order valence-electron chi connectivity index (χ4n) is 2.81. The number of anilines is 1. The average molecular weight is 386 g/mol. The molecule has 0 N–H and O–H groups in total. The Morgan fingerprint density at radius 2 is 2.04 bits per heavy atom. The van der Waals surface area contributed by atoms with Crippen LogP contribution in [-0.4, -0.2) is 52.9 Å². The van der Waals surface area contributed by atoms with Crippen LogP contribution < -0.4 is 9.64 Å². The van der Waals surface area contributed by atoms with Crippen LogP contribution in [0, 0.1) is 18.7 Å². The van der Waals surface area contributed by atoms with Gasteiger partial charge in [0, 0.05) is 24.7 Å². The van der Waals surface area contributed by atoms with E-state index in [-0.39, 0.29) is 23.9 Å². The molecule has 1 aliphatic rings. The van der Waals surface area contributed by atoms with Gasteiger partial charge in [0.2, 0.25) is 11.8 Å². The number of ether oxygens (including phenoxy) is 1. The maximum atomic E-state index is 13.7. The highest BCUT2D eigenvalue weighted by molar-refractivity contribution is 6.01. The van der Waals surface area contributed by atoms with Crippen molar-refractivity contribution in [2.75, 3.05) is 31.1 Å². The van der Waals surface area contributed by atoms with Crippen LogP contribution in [0.5, 0.6) is 5.88 Å². The summed E-state index contributed by atoms with van der Waals surface area (Å²) in [5.41, 5.74) is 0.701. The summed E-state index contributed by atoms with van der Waals surface area (Å²) in [5.74, 6) is 0.121. The Morgan fingerprint density at radius 1 is 1.25 bits per heavy atom. The van der Waals surface area contributed by atoms with E-state index in [9.17, 15) is 14.0 Å². The number of hydrogen-bond donors (Lipinski definition) is 0. The molecule has 0 atom stereocenters. The van der Waals surface area contributed by atoms with Crippen LogP contribution in [0.25, 0.3) is 0 Å². The van der Waals surface area contributed by atoms with Crippen molar-refractivity contribution in [3.63, 3.8) is 0 Å². The lowest BCUT2D eigenvalue weighted by Crippen LogP contribution is -2.52. The minimum Gasteiger partial charge on any atom is -0.477 e. The van der Waals surface area contributed by atoms with Gasteiger partial charge in [0.05, 0.1) is 6.61 Å². The molecular formula is C20H23FN4O3. The SMILES string of the molecule is Cc1ccc(C(=O)N2CCN(c3cc(OCC(C)C)ncn3)C(=O)C2)cc1F. The number of hydrogen-bond acceptors (Lipinski definition) is 5. The van der Waals surface area contributed by atoms with E-state index in [1.165, 1.54) is 22.2 Å². The second-order valence-corrected chi connectivity index (χ2v) is 7.16. The lowest BCUT2D eigenvalue weighted by atomic mass is 10.1. The molecule has 28 heavy (non-hydrogen) atoms. The summed E-state index contributed by atoms with van der Waals surface area (Å²) >= 11 is 0. The molecule has 2 amide bonds.